The summed E-state index contributed by atoms with van der Waals surface area (Å²) >= 11 is 0. The van der Waals surface area contributed by atoms with E-state index in [9.17, 15) is 14.3 Å². The number of amides is 1. The van der Waals surface area contributed by atoms with Gasteiger partial charge in [-0.05, 0) is 31.0 Å². The minimum Gasteiger partial charge on any atom is -0.389 e. The molecule has 1 aliphatic heterocycles. The molecule has 0 spiro atoms. The second kappa shape index (κ2) is 7.49. The summed E-state index contributed by atoms with van der Waals surface area (Å²) in [6, 6.07) is 4.73. The van der Waals surface area contributed by atoms with E-state index >= 15 is 0 Å². The zero-order valence-corrected chi connectivity index (χ0v) is 13.9. The maximum absolute atomic E-state index is 14.3. The lowest BCUT2D eigenvalue weighted by Crippen LogP contribution is -2.37. The molecule has 24 heavy (non-hydrogen) atoms. The number of carbonyl (C=O) groups excluding carboxylic acids is 1. The van der Waals surface area contributed by atoms with Gasteiger partial charge in [-0.1, -0.05) is 19.3 Å². The van der Waals surface area contributed by atoms with Gasteiger partial charge in [-0.3, -0.25) is 4.79 Å². The molecule has 0 aromatic heterocycles. The topological polar surface area (TPSA) is 61.8 Å². The lowest BCUT2D eigenvalue weighted by Gasteiger charge is -2.31. The van der Waals surface area contributed by atoms with E-state index < -0.39 is 5.60 Å². The van der Waals surface area contributed by atoms with Crippen molar-refractivity contribution in [1.82, 2.24) is 0 Å². The van der Waals surface area contributed by atoms with Crippen LogP contribution in [0.25, 0.3) is 0 Å². The SMILES string of the molecule is O=C(CC1(O)CCCCC1)Nc1ccc(N2CCOCC2)c(F)c1. The number of aliphatic hydroxyl groups is 1. The van der Waals surface area contributed by atoms with Crippen LogP contribution in [0.2, 0.25) is 0 Å². The Labute approximate surface area is 141 Å². The van der Waals surface area contributed by atoms with Crippen LogP contribution < -0.4 is 10.2 Å². The molecule has 1 aliphatic carbocycles. The van der Waals surface area contributed by atoms with Crippen molar-refractivity contribution < 1.29 is 19.0 Å². The zero-order chi connectivity index (χ0) is 17.0. The molecular formula is C18H25FN2O3. The van der Waals surface area contributed by atoms with Crippen LogP contribution in [0.5, 0.6) is 0 Å². The largest absolute Gasteiger partial charge is 0.389 e. The monoisotopic (exact) mass is 336 g/mol. The van der Waals surface area contributed by atoms with Gasteiger partial charge in [0.1, 0.15) is 5.82 Å². The highest BCUT2D eigenvalue weighted by Gasteiger charge is 2.31. The van der Waals surface area contributed by atoms with Gasteiger partial charge in [0.15, 0.2) is 0 Å². The number of ether oxygens (including phenoxy) is 1. The lowest BCUT2D eigenvalue weighted by atomic mass is 9.82. The fraction of sp³-hybridized carbons (Fsp3) is 0.611. The molecule has 0 radical (unpaired) electrons. The molecule has 1 aromatic carbocycles. The minimum absolute atomic E-state index is 0.0693. The standard InChI is InChI=1S/C18H25FN2O3/c19-15-12-14(4-5-16(15)21-8-10-24-11-9-21)20-17(22)13-18(23)6-2-1-3-7-18/h4-5,12,23H,1-3,6-11,13H2,(H,20,22). The first-order valence-corrected chi connectivity index (χ1v) is 8.70. The van der Waals surface area contributed by atoms with Gasteiger partial charge in [0.2, 0.25) is 5.91 Å². The molecule has 0 atom stereocenters. The summed E-state index contributed by atoms with van der Waals surface area (Å²) in [5.74, 6) is -0.621. The number of hydrogen-bond acceptors (Lipinski definition) is 4. The summed E-state index contributed by atoms with van der Waals surface area (Å²) < 4.78 is 19.6. The number of anilines is 2. The van der Waals surface area contributed by atoms with Crippen LogP contribution in [0.1, 0.15) is 38.5 Å². The molecule has 132 valence electrons. The van der Waals surface area contributed by atoms with Crippen molar-refractivity contribution in [3.05, 3.63) is 24.0 Å². The van der Waals surface area contributed by atoms with Crippen LogP contribution in [0.15, 0.2) is 18.2 Å². The number of rotatable bonds is 4. The number of hydrogen-bond donors (Lipinski definition) is 2. The van der Waals surface area contributed by atoms with E-state index in [0.717, 1.165) is 19.3 Å². The highest BCUT2D eigenvalue weighted by Crippen LogP contribution is 2.31. The van der Waals surface area contributed by atoms with Crippen molar-refractivity contribution in [1.29, 1.82) is 0 Å². The maximum atomic E-state index is 14.3. The van der Waals surface area contributed by atoms with E-state index in [1.54, 1.807) is 12.1 Å². The number of halogens is 1. The van der Waals surface area contributed by atoms with Crippen molar-refractivity contribution in [3.8, 4) is 0 Å². The first-order chi connectivity index (χ1) is 11.6. The van der Waals surface area contributed by atoms with E-state index in [2.05, 4.69) is 5.32 Å². The van der Waals surface area contributed by atoms with Crippen LogP contribution in [0.3, 0.4) is 0 Å². The Hall–Kier alpha value is -1.66. The molecule has 1 amide bonds. The second-order valence-electron chi connectivity index (χ2n) is 6.78. The molecule has 0 unspecified atom stereocenters. The summed E-state index contributed by atoms with van der Waals surface area (Å²) in [6.45, 7) is 2.51. The smallest absolute Gasteiger partial charge is 0.227 e. The molecule has 1 saturated heterocycles. The minimum atomic E-state index is -0.908. The first-order valence-electron chi connectivity index (χ1n) is 8.70. The van der Waals surface area contributed by atoms with Crippen molar-refractivity contribution >= 4 is 17.3 Å². The molecule has 5 nitrogen and oxygen atoms in total. The molecule has 0 bridgehead atoms. The quantitative estimate of drug-likeness (QED) is 0.887. The van der Waals surface area contributed by atoms with Gasteiger partial charge in [-0.25, -0.2) is 4.39 Å². The van der Waals surface area contributed by atoms with Gasteiger partial charge in [0.25, 0.3) is 0 Å². The van der Waals surface area contributed by atoms with Gasteiger partial charge in [0, 0.05) is 18.8 Å². The normalized spacial score (nSPS) is 20.7. The molecular weight excluding hydrogens is 311 g/mol. The number of nitrogens with zero attached hydrogens (tertiary/aromatic N) is 1. The van der Waals surface area contributed by atoms with Crippen molar-refractivity contribution in [2.75, 3.05) is 36.5 Å². The Bertz CT molecular complexity index is 582. The zero-order valence-electron chi connectivity index (χ0n) is 13.9. The average molecular weight is 336 g/mol. The van der Waals surface area contributed by atoms with Gasteiger partial charge in [-0.2, -0.15) is 0 Å². The second-order valence-corrected chi connectivity index (χ2v) is 6.78. The highest BCUT2D eigenvalue weighted by molar-refractivity contribution is 5.91. The predicted octanol–water partition coefficient (Wildman–Crippen LogP) is 2.69. The first kappa shape index (κ1) is 17.2. The van der Waals surface area contributed by atoms with Gasteiger partial charge >= 0.3 is 0 Å². The van der Waals surface area contributed by atoms with Gasteiger partial charge in [0.05, 0.1) is 30.9 Å². The Morgan fingerprint density at radius 1 is 1.25 bits per heavy atom. The number of nitrogens with one attached hydrogen (secondary N) is 1. The maximum Gasteiger partial charge on any atom is 0.227 e. The fourth-order valence-corrected chi connectivity index (χ4v) is 3.54. The summed E-state index contributed by atoms with van der Waals surface area (Å²) in [5.41, 5.74) is 0.0466. The molecule has 1 saturated carbocycles. The molecule has 1 heterocycles. The van der Waals surface area contributed by atoms with E-state index in [1.807, 2.05) is 4.90 Å². The van der Waals surface area contributed by atoms with Crippen molar-refractivity contribution in [2.24, 2.45) is 0 Å². The molecule has 2 fully saturated rings. The van der Waals surface area contributed by atoms with E-state index in [4.69, 9.17) is 4.74 Å². The molecule has 1 aromatic rings. The Balaban J connectivity index is 1.60. The molecule has 3 rings (SSSR count). The molecule has 2 N–H and O–H groups in total. The highest BCUT2D eigenvalue weighted by atomic mass is 19.1. The van der Waals surface area contributed by atoms with Crippen LogP contribution >= 0.6 is 0 Å². The van der Waals surface area contributed by atoms with Crippen LogP contribution in [0, 0.1) is 5.82 Å². The van der Waals surface area contributed by atoms with Crippen molar-refractivity contribution in [2.45, 2.75) is 44.1 Å². The Morgan fingerprint density at radius 2 is 1.96 bits per heavy atom. The molecule has 6 heteroatoms. The van der Waals surface area contributed by atoms with Crippen molar-refractivity contribution in [3.63, 3.8) is 0 Å². The summed E-state index contributed by atoms with van der Waals surface area (Å²) in [4.78, 5) is 14.1. The lowest BCUT2D eigenvalue weighted by molar-refractivity contribution is -0.122. The number of carbonyl (C=O) groups is 1. The third-order valence-electron chi connectivity index (χ3n) is 4.86. The van der Waals surface area contributed by atoms with E-state index in [1.165, 1.54) is 6.07 Å². The van der Waals surface area contributed by atoms with Gasteiger partial charge < -0.3 is 20.1 Å². The number of benzene rings is 1. The predicted molar refractivity (Wildman–Crippen MR) is 90.7 cm³/mol. The third kappa shape index (κ3) is 4.24. The van der Waals surface area contributed by atoms with E-state index in [0.29, 0.717) is 50.5 Å². The summed E-state index contributed by atoms with van der Waals surface area (Å²) in [6.07, 6.45) is 4.40. The third-order valence-corrected chi connectivity index (χ3v) is 4.86. The average Bonchev–Trinajstić information content (AvgIpc) is 2.56. The molecule has 2 aliphatic rings. The number of morpholine rings is 1. The summed E-state index contributed by atoms with van der Waals surface area (Å²) in [7, 11) is 0. The fourth-order valence-electron chi connectivity index (χ4n) is 3.54. The van der Waals surface area contributed by atoms with Crippen LogP contribution in [-0.4, -0.2) is 42.9 Å². The Kier molecular flexibility index (Phi) is 5.36. The Morgan fingerprint density at radius 3 is 2.62 bits per heavy atom. The summed E-state index contributed by atoms with van der Waals surface area (Å²) in [5, 5.41) is 13.1. The van der Waals surface area contributed by atoms with Crippen LogP contribution in [0.4, 0.5) is 15.8 Å². The van der Waals surface area contributed by atoms with E-state index in [-0.39, 0.29) is 18.1 Å². The van der Waals surface area contributed by atoms with Gasteiger partial charge in [-0.15, -0.1) is 0 Å². The van der Waals surface area contributed by atoms with Crippen LogP contribution in [-0.2, 0) is 9.53 Å².